The van der Waals surface area contributed by atoms with Crippen LogP contribution in [0.1, 0.15) is 0 Å². The van der Waals surface area contributed by atoms with Crippen molar-refractivity contribution in [3.8, 4) is 0 Å². The zero-order valence-electron chi connectivity index (χ0n) is 6.99. The molecule has 2 rings (SSSR count). The van der Waals surface area contributed by atoms with Gasteiger partial charge in [0.15, 0.2) is 0 Å². The summed E-state index contributed by atoms with van der Waals surface area (Å²) in [5, 5.41) is 6.43. The van der Waals surface area contributed by atoms with E-state index in [0.717, 1.165) is 13.3 Å². The molecule has 2 fully saturated rings. The molecular formula is C4H10N4S6. The van der Waals surface area contributed by atoms with Crippen molar-refractivity contribution in [1.29, 1.82) is 0 Å². The van der Waals surface area contributed by atoms with E-state index in [-0.39, 0.29) is 9.41 Å². The monoisotopic (exact) mass is 306 g/mol. The summed E-state index contributed by atoms with van der Waals surface area (Å²) in [4.78, 5) is 0. The third-order valence-electron chi connectivity index (χ3n) is 1.42. The van der Waals surface area contributed by atoms with E-state index >= 15 is 0 Å². The molecule has 4 nitrogen and oxygen atoms in total. The lowest BCUT2D eigenvalue weighted by molar-refractivity contribution is 0.677. The molecule has 0 amide bonds. The molecule has 82 valence electrons. The van der Waals surface area contributed by atoms with Gasteiger partial charge < -0.3 is 0 Å². The number of nitrogens with zero attached hydrogens (tertiary/aromatic N) is 2. The van der Waals surface area contributed by atoms with Crippen molar-refractivity contribution in [3.63, 3.8) is 0 Å². The van der Waals surface area contributed by atoms with E-state index in [1.807, 2.05) is 0 Å². The highest BCUT2D eigenvalue weighted by atomic mass is 33.1. The van der Waals surface area contributed by atoms with Crippen molar-refractivity contribution in [2.45, 2.75) is 9.41 Å². The average Bonchev–Trinajstić information content (AvgIpc) is 2.72. The van der Waals surface area contributed by atoms with Crippen LogP contribution in [-0.4, -0.2) is 30.2 Å². The first-order valence-corrected chi connectivity index (χ1v) is 8.57. The Labute approximate surface area is 111 Å². The molecule has 2 aliphatic heterocycles. The summed E-state index contributed by atoms with van der Waals surface area (Å²) in [6.45, 7) is 1.74. The average molecular weight is 307 g/mol. The van der Waals surface area contributed by atoms with E-state index in [4.69, 9.17) is 0 Å². The molecule has 0 aromatic heterocycles. The van der Waals surface area contributed by atoms with E-state index in [9.17, 15) is 0 Å². The smallest absolute Gasteiger partial charge is 0.114 e. The fourth-order valence-corrected chi connectivity index (χ4v) is 6.20. The van der Waals surface area contributed by atoms with Crippen LogP contribution in [0.2, 0.25) is 0 Å². The van der Waals surface area contributed by atoms with Gasteiger partial charge in [0, 0.05) is 22.0 Å². The Morgan fingerprint density at radius 1 is 1.00 bits per heavy atom. The van der Waals surface area contributed by atoms with Gasteiger partial charge >= 0.3 is 0 Å². The van der Waals surface area contributed by atoms with Gasteiger partial charge in [-0.3, -0.25) is 10.6 Å². The van der Waals surface area contributed by atoms with E-state index in [1.165, 1.54) is 0 Å². The quantitative estimate of drug-likeness (QED) is 0.356. The van der Waals surface area contributed by atoms with Crippen LogP contribution in [0.15, 0.2) is 0 Å². The summed E-state index contributed by atoms with van der Waals surface area (Å²) >= 11 is 12.0. The first-order valence-electron chi connectivity index (χ1n) is 3.80. The maximum absolute atomic E-state index is 4.31. The maximum atomic E-state index is 4.31. The Kier molecular flexibility index (Phi) is 5.34. The van der Waals surface area contributed by atoms with Crippen LogP contribution < -0.4 is 10.6 Å². The van der Waals surface area contributed by atoms with Crippen molar-refractivity contribution in [2.24, 2.45) is 0 Å². The van der Waals surface area contributed by atoms with Crippen molar-refractivity contribution < 1.29 is 0 Å². The normalized spacial score (nSPS) is 35.6. The molecule has 2 heterocycles. The van der Waals surface area contributed by atoms with Crippen molar-refractivity contribution >= 4 is 71.1 Å². The zero-order valence-corrected chi connectivity index (χ0v) is 12.0. The van der Waals surface area contributed by atoms with Crippen LogP contribution in [0, 0.1) is 0 Å². The molecule has 2 N–H and O–H groups in total. The number of hydrogen-bond acceptors (Lipinski definition) is 10. The Bertz CT molecular complexity index is 175. The maximum Gasteiger partial charge on any atom is 0.114 e. The highest BCUT2D eigenvalue weighted by molar-refractivity contribution is 8.77. The molecule has 2 atom stereocenters. The van der Waals surface area contributed by atoms with E-state index in [1.54, 1.807) is 45.9 Å². The summed E-state index contributed by atoms with van der Waals surface area (Å²) in [6, 6.07) is 0. The van der Waals surface area contributed by atoms with E-state index in [2.05, 4.69) is 43.3 Å². The summed E-state index contributed by atoms with van der Waals surface area (Å²) in [6.07, 6.45) is 0. The Morgan fingerprint density at radius 3 is 1.71 bits per heavy atom. The minimum Gasteiger partial charge on any atom is -0.282 e. The summed E-state index contributed by atoms with van der Waals surface area (Å²) in [5.41, 5.74) is 0. The largest absolute Gasteiger partial charge is 0.282 e. The topological polar surface area (TPSA) is 30.5 Å². The molecule has 0 aliphatic carbocycles. The first-order chi connectivity index (χ1) is 6.74. The van der Waals surface area contributed by atoms with Crippen molar-refractivity contribution in [3.05, 3.63) is 0 Å². The molecular weight excluding hydrogens is 296 g/mol. The molecule has 2 saturated heterocycles. The Hall–Kier alpha value is 1.94. The highest BCUT2D eigenvalue weighted by Crippen LogP contribution is 2.43. The van der Waals surface area contributed by atoms with Gasteiger partial charge in [-0.1, -0.05) is 0 Å². The lowest BCUT2D eigenvalue weighted by Crippen LogP contribution is -2.17. The number of thiol groups is 2. The van der Waals surface area contributed by atoms with Gasteiger partial charge in [-0.05, 0) is 23.9 Å². The predicted molar refractivity (Wildman–Crippen MR) is 75.6 cm³/mol. The second-order valence-electron chi connectivity index (χ2n) is 2.45. The van der Waals surface area contributed by atoms with Crippen LogP contribution >= 0.6 is 71.1 Å². The number of hydrogen-bond donors (Lipinski definition) is 4. The fraction of sp³-hybridized carbons (Fsp3) is 1.00. The van der Waals surface area contributed by atoms with Crippen LogP contribution in [0.5, 0.6) is 0 Å². The molecule has 0 aromatic rings. The van der Waals surface area contributed by atoms with Gasteiger partial charge in [0.05, 0.1) is 13.3 Å². The summed E-state index contributed by atoms with van der Waals surface area (Å²) < 4.78 is 4.80. The second kappa shape index (κ2) is 6.03. The third-order valence-corrected chi connectivity index (χ3v) is 7.28. The van der Waals surface area contributed by atoms with Gasteiger partial charge in [-0.15, -0.1) is 25.3 Å². The van der Waals surface area contributed by atoms with Gasteiger partial charge in [0.25, 0.3) is 0 Å². The minimum atomic E-state index is 0.227. The molecule has 0 bridgehead atoms. The predicted octanol–water partition coefficient (Wildman–Crippen LogP) is 1.65. The van der Waals surface area contributed by atoms with Crippen molar-refractivity contribution in [2.75, 3.05) is 13.3 Å². The number of rotatable bonds is 3. The standard InChI is InChI=1S/C4H10N4S6/c9-3-5-1-7(11-3)13-14-8-2-6-4(10)12-8/h3-6,9-10H,1-2H2. The molecule has 0 aromatic carbocycles. The van der Waals surface area contributed by atoms with Gasteiger partial charge in [0.2, 0.25) is 0 Å². The second-order valence-corrected chi connectivity index (χ2v) is 8.97. The van der Waals surface area contributed by atoms with E-state index in [0.29, 0.717) is 0 Å². The molecule has 14 heavy (non-hydrogen) atoms. The molecule has 2 aliphatic rings. The molecule has 2 unspecified atom stereocenters. The fourth-order valence-electron chi connectivity index (χ4n) is 0.839. The molecule has 0 spiro atoms. The first kappa shape index (κ1) is 12.4. The highest BCUT2D eigenvalue weighted by Gasteiger charge is 2.24. The van der Waals surface area contributed by atoms with Gasteiger partial charge in [-0.2, -0.15) is 7.42 Å². The van der Waals surface area contributed by atoms with Crippen LogP contribution in [0.3, 0.4) is 0 Å². The van der Waals surface area contributed by atoms with E-state index < -0.39 is 0 Å². The Morgan fingerprint density at radius 2 is 1.43 bits per heavy atom. The summed E-state index contributed by atoms with van der Waals surface area (Å²) in [5.74, 6) is 0. The SMILES string of the molecule is SC1NCN(SSN2CNC(S)S2)S1. The van der Waals surface area contributed by atoms with Crippen LogP contribution in [0.4, 0.5) is 0 Å². The molecule has 0 saturated carbocycles. The minimum absolute atomic E-state index is 0.227. The summed E-state index contributed by atoms with van der Waals surface area (Å²) in [7, 11) is 3.44. The zero-order chi connectivity index (χ0) is 9.97. The van der Waals surface area contributed by atoms with Crippen LogP contribution in [-0.2, 0) is 0 Å². The van der Waals surface area contributed by atoms with Gasteiger partial charge in [-0.25, -0.2) is 0 Å². The Balaban J connectivity index is 1.63. The van der Waals surface area contributed by atoms with Crippen LogP contribution in [0.25, 0.3) is 0 Å². The lowest BCUT2D eigenvalue weighted by Gasteiger charge is -2.14. The molecule has 10 heteroatoms. The number of nitrogens with one attached hydrogen (secondary N) is 2. The van der Waals surface area contributed by atoms with Gasteiger partial charge in [0.1, 0.15) is 9.41 Å². The molecule has 0 radical (unpaired) electrons. The third kappa shape index (κ3) is 3.75. The van der Waals surface area contributed by atoms with Crippen molar-refractivity contribution in [1.82, 2.24) is 18.1 Å². The lowest BCUT2D eigenvalue weighted by atomic mass is 11.1.